The molecule has 0 bridgehead atoms. The van der Waals surface area contributed by atoms with Crippen molar-refractivity contribution >= 4 is 21.6 Å². The van der Waals surface area contributed by atoms with Crippen LogP contribution in [0.5, 0.6) is 0 Å². The summed E-state index contributed by atoms with van der Waals surface area (Å²) in [5.74, 6) is -0.653. The molecule has 28 heavy (non-hydrogen) atoms. The number of aryl methyl sites for hydroxylation is 1. The van der Waals surface area contributed by atoms with Crippen LogP contribution in [0.3, 0.4) is 0 Å². The number of amides is 1. The van der Waals surface area contributed by atoms with E-state index in [-0.39, 0.29) is 23.2 Å². The van der Waals surface area contributed by atoms with E-state index in [4.69, 9.17) is 0 Å². The fourth-order valence-corrected chi connectivity index (χ4v) is 3.61. The van der Waals surface area contributed by atoms with Crippen LogP contribution < -0.4 is 10.0 Å². The molecule has 0 saturated carbocycles. The molecule has 0 aliphatic heterocycles. The lowest BCUT2D eigenvalue weighted by Crippen LogP contribution is -2.22. The van der Waals surface area contributed by atoms with Crippen LogP contribution in [0.15, 0.2) is 77.7 Å². The molecular weight excluding hydrogens is 379 g/mol. The van der Waals surface area contributed by atoms with E-state index >= 15 is 0 Å². The van der Waals surface area contributed by atoms with Crippen molar-refractivity contribution < 1.29 is 17.6 Å². The topological polar surface area (TPSA) is 75.3 Å². The van der Waals surface area contributed by atoms with Crippen LogP contribution in [0.4, 0.5) is 10.1 Å². The van der Waals surface area contributed by atoms with Crippen LogP contribution in [0.25, 0.3) is 0 Å². The van der Waals surface area contributed by atoms with E-state index < -0.39 is 10.0 Å². The first kappa shape index (κ1) is 19.6. The van der Waals surface area contributed by atoms with E-state index in [0.717, 1.165) is 0 Å². The largest absolute Gasteiger partial charge is 0.348 e. The van der Waals surface area contributed by atoms with Crippen molar-refractivity contribution in [2.45, 2.75) is 18.4 Å². The second-order valence-corrected chi connectivity index (χ2v) is 7.94. The monoisotopic (exact) mass is 398 g/mol. The van der Waals surface area contributed by atoms with Gasteiger partial charge in [0.1, 0.15) is 5.82 Å². The first-order valence-corrected chi connectivity index (χ1v) is 10.0. The fraction of sp³-hybridized carbons (Fsp3) is 0.0952. The van der Waals surface area contributed by atoms with Crippen LogP contribution in [-0.2, 0) is 16.6 Å². The molecule has 1 amide bonds. The number of carbonyl (C=O) groups excluding carboxylic acids is 1. The van der Waals surface area contributed by atoms with Crippen LogP contribution in [0.1, 0.15) is 21.5 Å². The van der Waals surface area contributed by atoms with Crippen molar-refractivity contribution in [2.24, 2.45) is 0 Å². The standard InChI is InChI=1S/C21H19FN2O3S/c1-15-7-8-16(13-20(15)22)14-23-21(25)17-9-11-18(12-10-17)24-28(26,27)19-5-3-2-4-6-19/h2-13,24H,14H2,1H3,(H,23,25). The Morgan fingerprint density at radius 3 is 2.29 bits per heavy atom. The molecule has 0 aliphatic carbocycles. The van der Waals surface area contributed by atoms with Gasteiger partial charge in [-0.3, -0.25) is 9.52 Å². The maximum absolute atomic E-state index is 13.6. The highest BCUT2D eigenvalue weighted by molar-refractivity contribution is 7.92. The van der Waals surface area contributed by atoms with Crippen LogP contribution in [0, 0.1) is 12.7 Å². The third-order valence-corrected chi connectivity index (χ3v) is 5.54. The van der Waals surface area contributed by atoms with E-state index in [1.54, 1.807) is 37.3 Å². The van der Waals surface area contributed by atoms with Gasteiger partial charge in [0.2, 0.25) is 0 Å². The van der Waals surface area contributed by atoms with Crippen LogP contribution in [-0.4, -0.2) is 14.3 Å². The molecule has 3 aromatic carbocycles. The van der Waals surface area contributed by atoms with Gasteiger partial charge in [-0.2, -0.15) is 0 Å². The smallest absolute Gasteiger partial charge is 0.261 e. The lowest BCUT2D eigenvalue weighted by molar-refractivity contribution is 0.0951. The Labute approximate surface area is 163 Å². The molecule has 2 N–H and O–H groups in total. The average Bonchev–Trinajstić information content (AvgIpc) is 2.69. The summed E-state index contributed by atoms with van der Waals surface area (Å²) in [5, 5.41) is 2.71. The molecule has 0 fully saturated rings. The first-order valence-electron chi connectivity index (χ1n) is 8.56. The quantitative estimate of drug-likeness (QED) is 0.662. The number of hydrogen-bond donors (Lipinski definition) is 2. The highest BCUT2D eigenvalue weighted by Gasteiger charge is 2.14. The third-order valence-electron chi connectivity index (χ3n) is 4.14. The minimum Gasteiger partial charge on any atom is -0.348 e. The maximum Gasteiger partial charge on any atom is 0.261 e. The summed E-state index contributed by atoms with van der Waals surface area (Å²) >= 11 is 0. The molecule has 0 unspecified atom stereocenters. The van der Waals surface area contributed by atoms with E-state index in [9.17, 15) is 17.6 Å². The molecule has 0 spiro atoms. The molecule has 3 aromatic rings. The van der Waals surface area contributed by atoms with Gasteiger partial charge in [-0.1, -0.05) is 30.3 Å². The summed E-state index contributed by atoms with van der Waals surface area (Å²) in [6, 6.07) is 18.9. The van der Waals surface area contributed by atoms with E-state index in [1.165, 1.54) is 42.5 Å². The van der Waals surface area contributed by atoms with Crippen molar-refractivity contribution in [2.75, 3.05) is 4.72 Å². The van der Waals surface area contributed by atoms with Crippen molar-refractivity contribution in [3.63, 3.8) is 0 Å². The van der Waals surface area contributed by atoms with E-state index in [0.29, 0.717) is 22.4 Å². The normalized spacial score (nSPS) is 11.1. The van der Waals surface area contributed by atoms with Gasteiger partial charge >= 0.3 is 0 Å². The Hall–Kier alpha value is -3.19. The Morgan fingerprint density at radius 2 is 1.64 bits per heavy atom. The molecule has 3 rings (SSSR count). The summed E-state index contributed by atoms with van der Waals surface area (Å²) in [6.45, 7) is 1.86. The minimum absolute atomic E-state index is 0.155. The van der Waals surface area contributed by atoms with Crippen molar-refractivity contribution in [3.8, 4) is 0 Å². The number of anilines is 1. The molecule has 0 radical (unpaired) electrons. The predicted molar refractivity (Wildman–Crippen MR) is 106 cm³/mol. The van der Waals surface area contributed by atoms with Crippen LogP contribution in [0.2, 0.25) is 0 Å². The number of sulfonamides is 1. The van der Waals surface area contributed by atoms with Gasteiger partial charge in [0, 0.05) is 17.8 Å². The Morgan fingerprint density at radius 1 is 0.964 bits per heavy atom. The molecule has 0 saturated heterocycles. The molecule has 144 valence electrons. The molecular formula is C21H19FN2O3S. The summed E-state index contributed by atoms with van der Waals surface area (Å²) in [5.41, 5.74) is 1.92. The number of rotatable bonds is 6. The van der Waals surface area contributed by atoms with Gasteiger partial charge in [0.25, 0.3) is 15.9 Å². The molecule has 7 heteroatoms. The zero-order chi connectivity index (χ0) is 20.1. The Balaban J connectivity index is 1.63. The summed E-state index contributed by atoms with van der Waals surface area (Å²) < 4.78 is 40.6. The van der Waals surface area contributed by atoms with Gasteiger partial charge in [-0.15, -0.1) is 0 Å². The van der Waals surface area contributed by atoms with Gasteiger partial charge in [0.15, 0.2) is 0 Å². The molecule has 0 atom stereocenters. The highest BCUT2D eigenvalue weighted by Crippen LogP contribution is 2.16. The molecule has 5 nitrogen and oxygen atoms in total. The fourth-order valence-electron chi connectivity index (χ4n) is 2.53. The number of halogens is 1. The first-order chi connectivity index (χ1) is 13.3. The zero-order valence-electron chi connectivity index (χ0n) is 15.1. The van der Waals surface area contributed by atoms with Crippen molar-refractivity contribution in [1.82, 2.24) is 5.32 Å². The second-order valence-electron chi connectivity index (χ2n) is 6.26. The summed E-state index contributed by atoms with van der Waals surface area (Å²) in [4.78, 5) is 12.4. The van der Waals surface area contributed by atoms with Crippen molar-refractivity contribution in [3.05, 3.63) is 95.3 Å². The van der Waals surface area contributed by atoms with Gasteiger partial charge < -0.3 is 5.32 Å². The summed E-state index contributed by atoms with van der Waals surface area (Å²) in [6.07, 6.45) is 0. The minimum atomic E-state index is -3.69. The number of hydrogen-bond acceptors (Lipinski definition) is 3. The van der Waals surface area contributed by atoms with Gasteiger partial charge in [-0.05, 0) is 60.5 Å². The van der Waals surface area contributed by atoms with Gasteiger partial charge in [-0.25, -0.2) is 12.8 Å². The Bertz CT molecular complexity index is 1080. The molecule has 0 aliphatic rings. The van der Waals surface area contributed by atoms with E-state index in [1.807, 2.05) is 0 Å². The lowest BCUT2D eigenvalue weighted by Gasteiger charge is -2.09. The highest BCUT2D eigenvalue weighted by atomic mass is 32.2. The average molecular weight is 398 g/mol. The third kappa shape index (κ3) is 4.75. The van der Waals surface area contributed by atoms with Gasteiger partial charge in [0.05, 0.1) is 4.90 Å². The van der Waals surface area contributed by atoms with Crippen molar-refractivity contribution in [1.29, 1.82) is 0 Å². The van der Waals surface area contributed by atoms with E-state index in [2.05, 4.69) is 10.0 Å². The maximum atomic E-state index is 13.6. The second kappa shape index (κ2) is 8.22. The zero-order valence-corrected chi connectivity index (χ0v) is 16.0. The molecule has 0 aromatic heterocycles. The SMILES string of the molecule is Cc1ccc(CNC(=O)c2ccc(NS(=O)(=O)c3ccccc3)cc2)cc1F. The lowest BCUT2D eigenvalue weighted by atomic mass is 10.1. The summed E-state index contributed by atoms with van der Waals surface area (Å²) in [7, 11) is -3.69. The number of benzene rings is 3. The number of carbonyl (C=O) groups is 1. The number of nitrogens with one attached hydrogen (secondary N) is 2. The molecule has 0 heterocycles. The van der Waals surface area contributed by atoms with Crippen LogP contribution >= 0.6 is 0 Å². The Kier molecular flexibility index (Phi) is 5.75. The predicted octanol–water partition coefficient (Wildman–Crippen LogP) is 3.86.